The minimum absolute atomic E-state index is 0.112. The second kappa shape index (κ2) is 19.5. The van der Waals surface area contributed by atoms with Crippen molar-refractivity contribution in [3.63, 3.8) is 0 Å². The molecule has 15 heteroatoms. The quantitative estimate of drug-likeness (QED) is 0.103. The number of ether oxygens (including phenoxy) is 1. The summed E-state index contributed by atoms with van der Waals surface area (Å²) >= 11 is 10.1. The first kappa shape index (κ1) is 44.5. The predicted octanol–water partition coefficient (Wildman–Crippen LogP) is 16.5. The van der Waals surface area contributed by atoms with E-state index in [9.17, 15) is 20.2 Å². The summed E-state index contributed by atoms with van der Waals surface area (Å²) < 4.78 is 19.8. The molecule has 1 fully saturated rings. The lowest BCUT2D eigenvalue weighted by molar-refractivity contribution is -0.385. The third-order valence-electron chi connectivity index (χ3n) is 11.4. The number of nitrogens with zero attached hydrogens (tertiary/aromatic N) is 2. The highest BCUT2D eigenvalue weighted by atomic mass is 79.9. The van der Waals surface area contributed by atoms with Crippen molar-refractivity contribution in [3.05, 3.63) is 182 Å². The van der Waals surface area contributed by atoms with Crippen LogP contribution in [0.5, 0.6) is 5.75 Å². The standard InChI is InChI=1S/C24H13NO2S2.C12H8BO2S.C12H6BrNO2S.C4H8O/c26-25(27)17-12-13-21-24(15-7-2-4-10-19(15)29-21)23(17)16-8-5-11-20-22(16)14-6-1-3-9-18(14)28-20;14-13-15-9-5-3-7-11-12(9)8-4-1-2-6-10(8)16-11;13-12-8(14(15)16)5-6-10-11(12)7-3-1-2-4-9(7)17-10;1-2-4-5-3-1/h1-13H;1-7,14H;1-6H;1-4H2. The molecule has 0 atom stereocenters. The Kier molecular flexibility index (Phi) is 13.0. The van der Waals surface area contributed by atoms with Crippen LogP contribution in [0.4, 0.5) is 11.4 Å². The molecule has 1 aliphatic heterocycles. The van der Waals surface area contributed by atoms with Gasteiger partial charge in [0.2, 0.25) is 0 Å². The van der Waals surface area contributed by atoms with Gasteiger partial charge >= 0.3 is 7.69 Å². The van der Waals surface area contributed by atoms with Crippen LogP contribution in [-0.2, 0) is 4.74 Å². The van der Waals surface area contributed by atoms with Crippen molar-refractivity contribution in [2.45, 2.75) is 12.8 Å². The molecule has 12 aromatic rings. The van der Waals surface area contributed by atoms with Gasteiger partial charge < -0.3 is 14.4 Å². The van der Waals surface area contributed by atoms with E-state index in [0.717, 1.165) is 93.2 Å². The first-order valence-electron chi connectivity index (χ1n) is 21.1. The summed E-state index contributed by atoms with van der Waals surface area (Å²) in [6.07, 6.45) is 2.56. The number of hydrogen-bond acceptors (Lipinski definition) is 11. The van der Waals surface area contributed by atoms with E-state index >= 15 is 0 Å². The maximum Gasteiger partial charge on any atom is 0.569 e. The molecule has 0 saturated carbocycles. The molecule has 0 bridgehead atoms. The van der Waals surface area contributed by atoms with Crippen LogP contribution in [0.15, 0.2) is 162 Å². The van der Waals surface area contributed by atoms with Gasteiger partial charge in [0, 0.05) is 106 Å². The first-order chi connectivity index (χ1) is 32.8. The molecule has 1 radical (unpaired) electrons. The fraction of sp³-hybridized carbons (Fsp3) is 0.0769. The lowest BCUT2D eigenvalue weighted by Crippen LogP contribution is -1.99. The Labute approximate surface area is 407 Å². The summed E-state index contributed by atoms with van der Waals surface area (Å²) in [6, 6.07) is 51.4. The number of benzene rings is 8. The van der Waals surface area contributed by atoms with Crippen LogP contribution in [0.25, 0.3) is 91.8 Å². The molecule has 67 heavy (non-hydrogen) atoms. The zero-order valence-electron chi connectivity index (χ0n) is 35.2. The van der Waals surface area contributed by atoms with Crippen molar-refractivity contribution in [1.29, 1.82) is 0 Å². The summed E-state index contributed by atoms with van der Waals surface area (Å²) in [6.45, 7) is 2.00. The SMILES string of the molecule is C1CCOC1.O=[N+]([O-])c1ccc2sc3ccccc3c2c1-c1cccc2sc3ccccc3c12.O=[N+]([O-])c1ccc2sc3ccccc3c2c1Br.O[B]Oc1cccc2sc3ccccc3c12. The highest BCUT2D eigenvalue weighted by Crippen LogP contribution is 2.49. The zero-order chi connectivity index (χ0) is 46.0. The summed E-state index contributed by atoms with van der Waals surface area (Å²) in [7, 11) is 0.723. The molecule has 8 aromatic carbocycles. The first-order valence-corrected chi connectivity index (χ1v) is 25.2. The third-order valence-corrected chi connectivity index (χ3v) is 16.8. The minimum atomic E-state index is -0.365. The predicted molar refractivity (Wildman–Crippen MR) is 286 cm³/mol. The number of fused-ring (bicyclic) bond motifs is 12. The molecule has 5 heterocycles. The Bertz CT molecular complexity index is 3820. The Balaban J connectivity index is 0.000000118. The highest BCUT2D eigenvalue weighted by Gasteiger charge is 2.24. The molecule has 9 nitrogen and oxygen atoms in total. The van der Waals surface area contributed by atoms with E-state index in [1.54, 1.807) is 57.5 Å². The molecule has 1 aliphatic rings. The van der Waals surface area contributed by atoms with Crippen molar-refractivity contribution >= 4 is 161 Å². The second-order valence-electron chi connectivity index (χ2n) is 15.4. The number of halogens is 1. The Morgan fingerprint density at radius 3 is 1.42 bits per heavy atom. The Morgan fingerprint density at radius 1 is 0.493 bits per heavy atom. The molecule has 0 spiro atoms. The van der Waals surface area contributed by atoms with Gasteiger partial charge in [-0.25, -0.2) is 0 Å². The van der Waals surface area contributed by atoms with Gasteiger partial charge in [0.1, 0.15) is 10.2 Å². The normalized spacial score (nSPS) is 12.3. The second-order valence-corrected chi connectivity index (χ2v) is 20.5. The van der Waals surface area contributed by atoms with E-state index in [1.165, 1.54) is 32.3 Å². The number of nitro benzene ring substituents is 2. The van der Waals surface area contributed by atoms with Crippen LogP contribution < -0.4 is 4.65 Å². The molecule has 0 unspecified atom stereocenters. The van der Waals surface area contributed by atoms with E-state index in [-0.39, 0.29) is 21.2 Å². The molecule has 0 amide bonds. The van der Waals surface area contributed by atoms with Crippen molar-refractivity contribution in [3.8, 4) is 16.9 Å². The maximum absolute atomic E-state index is 12.0. The van der Waals surface area contributed by atoms with Crippen LogP contribution in [0, 0.1) is 20.2 Å². The van der Waals surface area contributed by atoms with Crippen LogP contribution >= 0.6 is 61.3 Å². The molecule has 0 aliphatic carbocycles. The van der Waals surface area contributed by atoms with Gasteiger partial charge in [-0.15, -0.1) is 45.3 Å². The van der Waals surface area contributed by atoms with Gasteiger partial charge in [-0.05, 0) is 88.9 Å². The Morgan fingerprint density at radius 2 is 0.910 bits per heavy atom. The summed E-state index contributed by atoms with van der Waals surface area (Å²) in [5.41, 5.74) is 1.92. The van der Waals surface area contributed by atoms with E-state index in [4.69, 9.17) is 14.4 Å². The van der Waals surface area contributed by atoms with Gasteiger partial charge in [0.05, 0.1) is 15.4 Å². The van der Waals surface area contributed by atoms with Crippen LogP contribution in [0.3, 0.4) is 0 Å². The van der Waals surface area contributed by atoms with Crippen LogP contribution in [0.2, 0.25) is 0 Å². The molecule has 4 aromatic heterocycles. The monoisotopic (exact) mass is 1020 g/mol. The zero-order valence-corrected chi connectivity index (χ0v) is 40.1. The molecule has 1 saturated heterocycles. The third kappa shape index (κ3) is 8.64. The highest BCUT2D eigenvalue weighted by molar-refractivity contribution is 9.10. The molecule has 1 N–H and O–H groups in total. The molecular formula is C52H35BBrN2O7S4. The van der Waals surface area contributed by atoms with E-state index in [1.807, 2.05) is 97.1 Å². The Hall–Kier alpha value is -6.30. The van der Waals surface area contributed by atoms with Gasteiger partial charge in [-0.2, -0.15) is 0 Å². The summed E-state index contributed by atoms with van der Waals surface area (Å²) in [5.74, 6) is 0.692. The summed E-state index contributed by atoms with van der Waals surface area (Å²) in [4.78, 5) is 22.3. The van der Waals surface area contributed by atoms with Crippen molar-refractivity contribution in [2.75, 3.05) is 13.2 Å². The lowest BCUT2D eigenvalue weighted by atomic mass is 9.94. The molecule has 329 valence electrons. The number of rotatable bonds is 5. The number of thiophene rings is 4. The van der Waals surface area contributed by atoms with Crippen molar-refractivity contribution in [2.24, 2.45) is 0 Å². The number of hydrogen-bond donors (Lipinski definition) is 1. The van der Waals surface area contributed by atoms with Gasteiger partial charge in [0.15, 0.2) is 0 Å². The summed E-state index contributed by atoms with van der Waals surface area (Å²) in [5, 5.41) is 40.2. The largest absolute Gasteiger partial charge is 0.569 e. The lowest BCUT2D eigenvalue weighted by Gasteiger charge is -2.09. The fourth-order valence-corrected chi connectivity index (χ4v) is 13.8. The van der Waals surface area contributed by atoms with Gasteiger partial charge in [-0.1, -0.05) is 91.0 Å². The topological polar surface area (TPSA) is 125 Å². The van der Waals surface area contributed by atoms with Crippen LogP contribution in [-0.4, -0.2) is 35.8 Å². The van der Waals surface area contributed by atoms with E-state index in [0.29, 0.717) is 10.2 Å². The average molecular weight is 1020 g/mol. The van der Waals surface area contributed by atoms with Gasteiger partial charge in [-0.3, -0.25) is 20.2 Å². The number of nitro groups is 2. The van der Waals surface area contributed by atoms with Crippen molar-refractivity contribution < 1.29 is 24.3 Å². The molecule has 13 rings (SSSR count). The van der Waals surface area contributed by atoms with Crippen molar-refractivity contribution in [1.82, 2.24) is 0 Å². The maximum atomic E-state index is 12.0. The fourth-order valence-electron chi connectivity index (χ4n) is 8.53. The van der Waals surface area contributed by atoms with E-state index < -0.39 is 0 Å². The van der Waals surface area contributed by atoms with Crippen LogP contribution in [0.1, 0.15) is 12.8 Å². The smallest absolute Gasteiger partial charge is 0.537 e. The molecular weight excluding hydrogens is 984 g/mol. The van der Waals surface area contributed by atoms with E-state index in [2.05, 4.69) is 64.5 Å². The minimum Gasteiger partial charge on any atom is -0.537 e. The van der Waals surface area contributed by atoms with Gasteiger partial charge in [0.25, 0.3) is 11.4 Å². The average Bonchev–Trinajstić information content (AvgIpc) is 4.21.